The van der Waals surface area contributed by atoms with Gasteiger partial charge in [0.2, 0.25) is 0 Å². The van der Waals surface area contributed by atoms with Crippen molar-refractivity contribution in [1.82, 2.24) is 0 Å². The van der Waals surface area contributed by atoms with E-state index in [0.29, 0.717) is 12.4 Å². The van der Waals surface area contributed by atoms with Crippen LogP contribution >= 0.6 is 0 Å². The molecule has 0 atom stereocenters. The highest BCUT2D eigenvalue weighted by Gasteiger charge is 2.31. The first-order chi connectivity index (χ1) is 12.5. The van der Waals surface area contributed by atoms with Gasteiger partial charge < -0.3 is 19.3 Å². The number of esters is 2. The summed E-state index contributed by atoms with van der Waals surface area (Å²) in [5, 5.41) is 9.41. The Morgan fingerprint density at radius 2 is 1.54 bits per heavy atom. The van der Waals surface area contributed by atoms with Gasteiger partial charge in [-0.05, 0) is 49.3 Å². The third-order valence-electron chi connectivity index (χ3n) is 5.21. The molecule has 1 N–H and O–H groups in total. The number of aliphatic hydroxyl groups excluding tert-OH is 1. The molecule has 26 heavy (non-hydrogen) atoms. The van der Waals surface area contributed by atoms with Gasteiger partial charge in [-0.3, -0.25) is 0 Å². The molecule has 0 amide bonds. The van der Waals surface area contributed by atoms with Crippen molar-refractivity contribution in [2.24, 2.45) is 5.41 Å². The lowest BCUT2D eigenvalue weighted by molar-refractivity contribution is 0.0597. The highest BCUT2D eigenvalue weighted by Crippen LogP contribution is 2.42. The van der Waals surface area contributed by atoms with E-state index in [9.17, 15) is 14.7 Å². The molecule has 0 radical (unpaired) electrons. The Labute approximate surface area is 154 Å². The zero-order chi connectivity index (χ0) is 19.0. The predicted octanol–water partition coefficient (Wildman–Crippen LogP) is 3.36. The summed E-state index contributed by atoms with van der Waals surface area (Å²) >= 11 is 0. The summed E-state index contributed by atoms with van der Waals surface area (Å²) in [6, 6.07) is 4.56. The molecular formula is C20H28O6. The van der Waals surface area contributed by atoms with Crippen LogP contribution in [0.1, 0.15) is 65.7 Å². The van der Waals surface area contributed by atoms with E-state index in [1.807, 2.05) is 0 Å². The summed E-state index contributed by atoms with van der Waals surface area (Å²) in [7, 11) is 2.57. The van der Waals surface area contributed by atoms with Gasteiger partial charge in [-0.1, -0.05) is 19.3 Å². The molecule has 1 aliphatic carbocycles. The van der Waals surface area contributed by atoms with Gasteiger partial charge in [0.1, 0.15) is 5.75 Å². The van der Waals surface area contributed by atoms with Gasteiger partial charge in [0.15, 0.2) is 0 Å². The van der Waals surface area contributed by atoms with Crippen molar-refractivity contribution < 1.29 is 28.9 Å². The van der Waals surface area contributed by atoms with E-state index in [0.717, 1.165) is 25.7 Å². The minimum atomic E-state index is -0.537. The fourth-order valence-electron chi connectivity index (χ4n) is 3.70. The molecule has 1 aromatic rings. The van der Waals surface area contributed by atoms with Gasteiger partial charge >= 0.3 is 11.9 Å². The Morgan fingerprint density at radius 1 is 0.962 bits per heavy atom. The van der Waals surface area contributed by atoms with E-state index in [2.05, 4.69) is 0 Å². The van der Waals surface area contributed by atoms with Crippen LogP contribution in [0.5, 0.6) is 5.75 Å². The van der Waals surface area contributed by atoms with Gasteiger partial charge in [0.05, 0.1) is 32.0 Å². The van der Waals surface area contributed by atoms with E-state index in [4.69, 9.17) is 14.2 Å². The van der Waals surface area contributed by atoms with Crippen LogP contribution in [0.2, 0.25) is 0 Å². The lowest BCUT2D eigenvalue weighted by atomic mass is 9.70. The number of carbonyl (C=O) groups excluding carboxylic acids is 2. The summed E-state index contributed by atoms with van der Waals surface area (Å²) in [5.41, 5.74) is 0.610. The van der Waals surface area contributed by atoms with Gasteiger partial charge in [-0.15, -0.1) is 0 Å². The quantitative estimate of drug-likeness (QED) is 0.712. The second-order valence-corrected chi connectivity index (χ2v) is 6.86. The summed E-state index contributed by atoms with van der Waals surface area (Å²) < 4.78 is 15.3. The van der Waals surface area contributed by atoms with Crippen LogP contribution in [-0.2, 0) is 9.47 Å². The molecule has 1 aromatic carbocycles. The molecule has 2 rings (SSSR count). The molecule has 0 unspecified atom stereocenters. The maximum absolute atomic E-state index is 11.8. The first-order valence-corrected chi connectivity index (χ1v) is 9.09. The third kappa shape index (κ3) is 5.21. The SMILES string of the molecule is COC(=O)c1cc(OCCC2(CCO)CCCCC2)cc(C(=O)OC)c1. The Morgan fingerprint density at radius 3 is 2.04 bits per heavy atom. The number of hydrogen-bond donors (Lipinski definition) is 1. The zero-order valence-electron chi connectivity index (χ0n) is 15.6. The highest BCUT2D eigenvalue weighted by atomic mass is 16.5. The van der Waals surface area contributed by atoms with E-state index in [1.54, 1.807) is 12.1 Å². The molecule has 6 heteroatoms. The summed E-state index contributed by atoms with van der Waals surface area (Å²) in [5.74, 6) is -0.641. The van der Waals surface area contributed by atoms with E-state index < -0.39 is 11.9 Å². The number of aliphatic hydroxyl groups is 1. The normalized spacial score (nSPS) is 16.0. The number of carbonyl (C=O) groups is 2. The number of methoxy groups -OCH3 is 2. The average molecular weight is 364 g/mol. The highest BCUT2D eigenvalue weighted by molar-refractivity contribution is 5.96. The zero-order valence-corrected chi connectivity index (χ0v) is 15.6. The summed E-state index contributed by atoms with van der Waals surface area (Å²) in [4.78, 5) is 23.7. The van der Waals surface area contributed by atoms with Crippen LogP contribution in [0.4, 0.5) is 0 Å². The molecule has 144 valence electrons. The largest absolute Gasteiger partial charge is 0.494 e. The smallest absolute Gasteiger partial charge is 0.338 e. The topological polar surface area (TPSA) is 82.1 Å². The lowest BCUT2D eigenvalue weighted by Crippen LogP contribution is -2.27. The molecule has 1 aliphatic rings. The van der Waals surface area contributed by atoms with E-state index >= 15 is 0 Å². The second-order valence-electron chi connectivity index (χ2n) is 6.86. The monoisotopic (exact) mass is 364 g/mol. The van der Waals surface area contributed by atoms with Crippen LogP contribution in [0.15, 0.2) is 18.2 Å². The van der Waals surface area contributed by atoms with Gasteiger partial charge in [0.25, 0.3) is 0 Å². The maximum Gasteiger partial charge on any atom is 0.338 e. The number of ether oxygens (including phenoxy) is 3. The third-order valence-corrected chi connectivity index (χ3v) is 5.21. The van der Waals surface area contributed by atoms with Gasteiger partial charge in [0, 0.05) is 6.61 Å². The average Bonchev–Trinajstić information content (AvgIpc) is 2.67. The Bertz CT molecular complexity index is 579. The standard InChI is InChI=1S/C20H28O6/c1-24-18(22)15-12-16(19(23)25-2)14-17(13-15)26-11-9-20(8-10-21)6-4-3-5-7-20/h12-14,21H,3-11H2,1-2H3. The molecule has 0 aromatic heterocycles. The van der Waals surface area contributed by atoms with Crippen LogP contribution in [0, 0.1) is 5.41 Å². The molecule has 1 fully saturated rings. The molecule has 1 saturated carbocycles. The number of benzene rings is 1. The number of rotatable bonds is 8. The second kappa shape index (κ2) is 9.57. The van der Waals surface area contributed by atoms with Crippen molar-refractivity contribution in [2.45, 2.75) is 44.9 Å². The van der Waals surface area contributed by atoms with Crippen LogP contribution < -0.4 is 4.74 Å². The molecule has 0 heterocycles. The fourth-order valence-corrected chi connectivity index (χ4v) is 3.70. The van der Waals surface area contributed by atoms with Gasteiger partial charge in [-0.25, -0.2) is 9.59 Å². The Hall–Kier alpha value is -2.08. The summed E-state index contributed by atoms with van der Waals surface area (Å²) in [6.07, 6.45) is 7.45. The molecule has 0 aliphatic heterocycles. The fraction of sp³-hybridized carbons (Fsp3) is 0.600. The minimum Gasteiger partial charge on any atom is -0.494 e. The molecule has 0 saturated heterocycles. The van der Waals surface area contributed by atoms with Crippen LogP contribution in [0.3, 0.4) is 0 Å². The maximum atomic E-state index is 11.8. The van der Waals surface area contributed by atoms with Crippen LogP contribution in [0.25, 0.3) is 0 Å². The predicted molar refractivity (Wildman–Crippen MR) is 96.5 cm³/mol. The number of hydrogen-bond acceptors (Lipinski definition) is 6. The van der Waals surface area contributed by atoms with E-state index in [1.165, 1.54) is 39.5 Å². The molecule has 0 spiro atoms. The van der Waals surface area contributed by atoms with Gasteiger partial charge in [-0.2, -0.15) is 0 Å². The molecular weight excluding hydrogens is 336 g/mol. The van der Waals surface area contributed by atoms with Crippen molar-refractivity contribution >= 4 is 11.9 Å². The van der Waals surface area contributed by atoms with Crippen molar-refractivity contribution in [2.75, 3.05) is 27.4 Å². The Balaban J connectivity index is 2.09. The summed E-state index contributed by atoms with van der Waals surface area (Å²) in [6.45, 7) is 0.648. The first-order valence-electron chi connectivity index (χ1n) is 9.09. The van der Waals surface area contributed by atoms with Crippen molar-refractivity contribution in [3.8, 4) is 5.75 Å². The van der Waals surface area contributed by atoms with Crippen molar-refractivity contribution in [3.05, 3.63) is 29.3 Å². The van der Waals surface area contributed by atoms with Crippen molar-refractivity contribution in [1.29, 1.82) is 0 Å². The lowest BCUT2D eigenvalue weighted by Gasteiger charge is -2.37. The first kappa shape index (κ1) is 20.2. The Kier molecular flexibility index (Phi) is 7.45. The minimum absolute atomic E-state index is 0.123. The molecule has 6 nitrogen and oxygen atoms in total. The molecule has 0 bridgehead atoms. The van der Waals surface area contributed by atoms with Crippen molar-refractivity contribution in [3.63, 3.8) is 0 Å². The van der Waals surface area contributed by atoms with E-state index in [-0.39, 0.29) is 23.1 Å². The van der Waals surface area contributed by atoms with Crippen LogP contribution in [-0.4, -0.2) is 44.5 Å².